The van der Waals surface area contributed by atoms with Gasteiger partial charge in [0.1, 0.15) is 24.1 Å². The van der Waals surface area contributed by atoms with Crippen molar-refractivity contribution in [2.45, 2.75) is 181 Å². The van der Waals surface area contributed by atoms with Crippen LogP contribution >= 0.6 is 67.9 Å². The maximum absolute atomic E-state index is 12.6. The van der Waals surface area contributed by atoms with E-state index in [1.165, 1.54) is 34.6 Å². The van der Waals surface area contributed by atoms with Gasteiger partial charge in [0.25, 0.3) is 8.53 Å². The number of aromatic nitrogens is 4. The minimum atomic E-state index is -1.13. The molecule has 8 heterocycles. The normalized spacial score (nSPS) is 30.5. The van der Waals surface area contributed by atoms with Crippen molar-refractivity contribution in [3.05, 3.63) is 45.5 Å². The van der Waals surface area contributed by atoms with Gasteiger partial charge >= 0.3 is 11.4 Å². The van der Waals surface area contributed by atoms with Crippen molar-refractivity contribution in [1.29, 1.82) is 0 Å². The number of aliphatic hydroxyl groups excluding tert-OH is 1. The second-order valence-corrected chi connectivity index (χ2v) is 21.9. The lowest BCUT2D eigenvalue weighted by atomic mass is 9.98. The smallest absolute Gasteiger partial charge is 0.351 e. The van der Waals surface area contributed by atoms with Gasteiger partial charge in [-0.25, -0.2) is 18.9 Å². The summed E-state index contributed by atoms with van der Waals surface area (Å²) >= 11 is 6.07. The molecular formula is C42H73ClN8O10P2S3. The number of halogens is 1. The number of anilines is 2. The second kappa shape index (κ2) is 25.1. The summed E-state index contributed by atoms with van der Waals surface area (Å²) in [4.78, 5) is 55.9. The Morgan fingerprint density at radius 3 is 1.70 bits per heavy atom. The number of hydrogen-bond donors (Lipinski definition) is 3. The highest BCUT2D eigenvalue weighted by Crippen LogP contribution is 2.62. The Bertz CT molecular complexity index is 2040. The van der Waals surface area contributed by atoms with E-state index in [4.69, 9.17) is 34.3 Å². The summed E-state index contributed by atoms with van der Waals surface area (Å²) in [6.07, 6.45) is 8.29. The fourth-order valence-electron chi connectivity index (χ4n) is 8.66. The molecule has 3 N–H and O–H groups in total. The summed E-state index contributed by atoms with van der Waals surface area (Å²) in [6.45, 7) is 21.7. The van der Waals surface area contributed by atoms with E-state index in [1.54, 1.807) is 46.0 Å². The Labute approximate surface area is 417 Å². The van der Waals surface area contributed by atoms with Crippen LogP contribution in [0.5, 0.6) is 0 Å². The molecule has 0 aromatic carbocycles. The maximum Gasteiger partial charge on any atom is 0.351 e. The molecule has 376 valence electrons. The van der Waals surface area contributed by atoms with E-state index in [0.29, 0.717) is 31.3 Å². The lowest BCUT2D eigenvalue weighted by Crippen LogP contribution is -2.36. The summed E-state index contributed by atoms with van der Waals surface area (Å²) in [5, 5.41) is 15.1. The number of hydrogen-bond acceptors (Lipinski definition) is 14. The molecule has 66 heavy (non-hydrogen) atoms. The van der Waals surface area contributed by atoms with Gasteiger partial charge in [0.15, 0.2) is 0 Å². The number of amides is 2. The van der Waals surface area contributed by atoms with Gasteiger partial charge in [0.2, 0.25) is 19.5 Å². The van der Waals surface area contributed by atoms with Crippen LogP contribution in [0.2, 0.25) is 0 Å². The van der Waals surface area contributed by atoms with Crippen molar-refractivity contribution < 1.29 is 37.7 Å². The molecule has 18 nitrogen and oxygen atoms in total. The van der Waals surface area contributed by atoms with E-state index >= 15 is 0 Å². The molecule has 0 spiro atoms. The number of nitrogens with zero attached hydrogens (tertiary/aromatic N) is 6. The van der Waals surface area contributed by atoms with Crippen LogP contribution in [0.15, 0.2) is 34.1 Å². The zero-order valence-electron chi connectivity index (χ0n) is 39.7. The summed E-state index contributed by atoms with van der Waals surface area (Å²) in [6, 6.07) is 4.15. The summed E-state index contributed by atoms with van der Waals surface area (Å²) in [7, 11) is -1.92. The third-order valence-corrected chi connectivity index (χ3v) is 16.6. The molecule has 0 radical (unpaired) electrons. The highest BCUT2D eigenvalue weighted by molar-refractivity contribution is 7.78. The highest BCUT2D eigenvalue weighted by atomic mass is 35.7. The average molecular weight is 1040 g/mol. The van der Waals surface area contributed by atoms with Crippen LogP contribution < -0.4 is 22.0 Å². The summed E-state index contributed by atoms with van der Waals surface area (Å²) in [5.41, 5.74) is -1.18. The van der Waals surface area contributed by atoms with Crippen molar-refractivity contribution >= 4 is 91.4 Å². The first-order valence-electron chi connectivity index (χ1n) is 22.4. The minimum absolute atomic E-state index is 0. The van der Waals surface area contributed by atoms with Crippen molar-refractivity contribution in [1.82, 2.24) is 28.4 Å². The Balaban J connectivity index is 0.000000285. The van der Waals surface area contributed by atoms with Gasteiger partial charge in [-0.1, -0.05) is 41.5 Å². The Morgan fingerprint density at radius 1 is 0.788 bits per heavy atom. The molecule has 0 bridgehead atoms. The number of fused-ring (bicyclic) bond motifs is 2. The van der Waals surface area contributed by atoms with Gasteiger partial charge in [-0.15, -0.1) is 0 Å². The topological polar surface area (TPSA) is 201 Å². The number of rotatable bonds is 10. The van der Waals surface area contributed by atoms with Gasteiger partial charge in [0.05, 0.1) is 35.6 Å². The van der Waals surface area contributed by atoms with Crippen molar-refractivity contribution in [2.24, 2.45) is 11.8 Å². The van der Waals surface area contributed by atoms with Crippen LogP contribution in [-0.4, -0.2) is 106 Å². The average Bonchev–Trinajstić information content (AvgIpc) is 4.07. The Morgan fingerprint density at radius 2 is 1.24 bits per heavy atom. The van der Waals surface area contributed by atoms with E-state index in [0.717, 1.165) is 25.9 Å². The largest absolute Gasteiger partial charge is 0.390 e. The zero-order valence-corrected chi connectivity index (χ0v) is 45.3. The van der Waals surface area contributed by atoms with Crippen molar-refractivity contribution in [2.75, 3.05) is 23.7 Å². The SMILES string of the molecule is CC1(C)OP(Cl)N2CCC[C@H]21.CC[C@H]1O[C@@H](n2ccc(NC(=O)C(C)C)nc2=O)C[C@H]1O.CC[C@H]1O[C@@H](n2ccc(NC(=O)C(C)C)nc2=O)C[C@H]1O[P@@]1OC(C)(C)[C@@H]2CCCN21.S.S.S. The molecule has 6 aliphatic heterocycles. The number of carbonyl (C=O) groups excluding carboxylic acids is 2. The molecule has 0 aliphatic carbocycles. The molecule has 2 aromatic heterocycles. The van der Waals surface area contributed by atoms with Crippen molar-refractivity contribution in [3.8, 4) is 0 Å². The van der Waals surface area contributed by atoms with Gasteiger partial charge in [-0.05, 0) is 89.6 Å². The summed E-state index contributed by atoms with van der Waals surface area (Å²) in [5.74, 6) is -0.275. The predicted octanol–water partition coefficient (Wildman–Crippen LogP) is 7.38. The number of aliphatic hydroxyl groups is 1. The standard InChI is InChI=1S/C21H33N4O5P.C14H21N3O4.C7H13ClNOP.3H2S/c1-6-14-15(29-31-25-10-7-8-16(25)21(4,5)30-31)12-18(28-14)24-11-9-17(23-20(24)27)22-19(26)13(2)3;1-4-10-9(18)7-12(21-10)17-6-5-11(16-14(17)20)15-13(19)8(2)3;1-7(2)6-4-3-5-9(6)11(8)10-7;;;/h9,11,13-16,18H,6-8,10,12H2,1-5H3,(H,22,23,26,27);5-6,8-10,12,18H,4,7H2,1-3H3,(H,15,16,19,20);6H,3-5H2,1-2H3;3*1H2/t14-,15-,16+,18-,31+;9-,10-,12-;6-,11?;;;/m110.../s1. The lowest BCUT2D eigenvalue weighted by Gasteiger charge is -2.25. The molecule has 6 saturated heterocycles. The molecule has 8 rings (SSSR count). The summed E-state index contributed by atoms with van der Waals surface area (Å²) < 4.78 is 37.7. The molecule has 6 fully saturated rings. The first kappa shape index (κ1) is 58.9. The number of nitrogens with one attached hydrogen (secondary N) is 2. The van der Waals surface area contributed by atoms with Crippen molar-refractivity contribution in [3.63, 3.8) is 0 Å². The molecule has 2 amide bonds. The molecule has 2 aromatic rings. The quantitative estimate of drug-likeness (QED) is 0.199. The monoisotopic (exact) mass is 1040 g/mol. The highest BCUT2D eigenvalue weighted by Gasteiger charge is 2.53. The van der Waals surface area contributed by atoms with Crippen LogP contribution in [0.3, 0.4) is 0 Å². The fraction of sp³-hybridized carbons (Fsp3) is 0.762. The fourth-order valence-corrected chi connectivity index (χ4v) is 13.4. The van der Waals surface area contributed by atoms with Gasteiger partial charge in [-0.3, -0.25) is 18.7 Å². The van der Waals surface area contributed by atoms with E-state index in [-0.39, 0.29) is 105 Å². The maximum atomic E-state index is 12.6. The van der Waals surface area contributed by atoms with Gasteiger partial charge in [0, 0.05) is 62.2 Å². The molecule has 10 atom stereocenters. The molecular weight excluding hydrogens is 970 g/mol. The Hall–Kier alpha value is -1.42. The van der Waals surface area contributed by atoms with E-state index in [1.807, 2.05) is 6.92 Å². The second-order valence-electron chi connectivity index (χ2n) is 18.5. The predicted molar refractivity (Wildman–Crippen MR) is 273 cm³/mol. The van der Waals surface area contributed by atoms with E-state index in [2.05, 4.69) is 64.6 Å². The third-order valence-electron chi connectivity index (χ3n) is 12.3. The van der Waals surface area contributed by atoms with E-state index < -0.39 is 46.1 Å². The van der Waals surface area contributed by atoms with Gasteiger partial charge < -0.3 is 38.8 Å². The van der Waals surface area contributed by atoms with Crippen LogP contribution in [0.25, 0.3) is 0 Å². The van der Waals surface area contributed by atoms with Gasteiger partial charge in [-0.2, -0.15) is 50.5 Å². The first-order chi connectivity index (χ1) is 29.7. The zero-order chi connectivity index (χ0) is 46.0. The first-order valence-corrected chi connectivity index (χ1v) is 25.6. The van der Waals surface area contributed by atoms with Crippen LogP contribution in [0.4, 0.5) is 11.6 Å². The molecule has 24 heteroatoms. The molecule has 6 aliphatic rings. The minimum Gasteiger partial charge on any atom is -0.390 e. The lowest BCUT2D eigenvalue weighted by molar-refractivity contribution is -0.119. The van der Waals surface area contributed by atoms with Crippen LogP contribution in [-0.2, 0) is 32.6 Å². The number of carbonyl (C=O) groups is 2. The van der Waals surface area contributed by atoms with Crippen LogP contribution in [0, 0.1) is 11.8 Å². The van der Waals surface area contributed by atoms with Crippen LogP contribution in [0.1, 0.15) is 133 Å². The number of ether oxygens (including phenoxy) is 2. The molecule has 0 saturated carbocycles. The molecule has 1 unspecified atom stereocenters. The third kappa shape index (κ3) is 13.9. The van der Waals surface area contributed by atoms with E-state index in [9.17, 15) is 24.3 Å². The Kier molecular flexibility index (Phi) is 22.4.